The monoisotopic (exact) mass is 231 g/mol. The smallest absolute Gasteiger partial charge is 0.00944 e. The van der Waals surface area contributed by atoms with Crippen LogP contribution in [0.1, 0.15) is 57.8 Å². The molecule has 2 rings (SSSR count). The average Bonchev–Trinajstić information content (AvgIpc) is 2.19. The maximum Gasteiger partial charge on any atom is 0.00944 e. The zero-order valence-corrected chi connectivity index (χ0v) is 11.1. The summed E-state index contributed by atoms with van der Waals surface area (Å²) in [5.41, 5.74) is 0.769. The van der Waals surface area contributed by atoms with Gasteiger partial charge in [-0.1, -0.05) is 25.7 Å². The molecule has 0 aromatic rings. The summed E-state index contributed by atoms with van der Waals surface area (Å²) in [5, 5.41) is 0. The van der Waals surface area contributed by atoms with Crippen molar-refractivity contribution in [2.24, 2.45) is 5.41 Å². The Bertz CT molecular complexity index is 179. The van der Waals surface area contributed by atoms with Gasteiger partial charge in [-0.25, -0.2) is 0 Å². The summed E-state index contributed by atoms with van der Waals surface area (Å²) < 4.78 is 0. The van der Waals surface area contributed by atoms with Crippen molar-refractivity contribution in [1.29, 1.82) is 0 Å². The van der Waals surface area contributed by atoms with Crippen molar-refractivity contribution in [1.82, 2.24) is 4.90 Å². The van der Waals surface area contributed by atoms with Crippen LogP contribution < -0.4 is 0 Å². The molecule has 0 bridgehead atoms. The van der Waals surface area contributed by atoms with Gasteiger partial charge in [-0.15, -0.1) is 12.4 Å². The molecule has 2 saturated carbocycles. The van der Waals surface area contributed by atoms with Gasteiger partial charge in [-0.3, -0.25) is 0 Å². The van der Waals surface area contributed by atoms with E-state index in [0.717, 1.165) is 11.5 Å². The molecule has 1 nitrogen and oxygen atoms in total. The zero-order valence-electron chi connectivity index (χ0n) is 10.3. The molecular formula is C13H26ClN. The van der Waals surface area contributed by atoms with E-state index in [4.69, 9.17) is 0 Å². The van der Waals surface area contributed by atoms with E-state index in [0.29, 0.717) is 0 Å². The first kappa shape index (κ1) is 13.3. The largest absolute Gasteiger partial charge is 0.306 e. The van der Waals surface area contributed by atoms with Crippen molar-refractivity contribution >= 4 is 12.4 Å². The molecule has 0 aromatic carbocycles. The Hall–Kier alpha value is 0.250. The fourth-order valence-corrected chi connectivity index (χ4v) is 3.61. The molecule has 90 valence electrons. The molecule has 15 heavy (non-hydrogen) atoms. The highest BCUT2D eigenvalue weighted by Gasteiger charge is 2.37. The molecule has 2 fully saturated rings. The predicted molar refractivity (Wildman–Crippen MR) is 68.7 cm³/mol. The summed E-state index contributed by atoms with van der Waals surface area (Å²) >= 11 is 0. The minimum absolute atomic E-state index is 0. The summed E-state index contributed by atoms with van der Waals surface area (Å²) in [4.78, 5) is 2.45. The first-order valence-electron chi connectivity index (χ1n) is 6.38. The van der Waals surface area contributed by atoms with Gasteiger partial charge in [0.05, 0.1) is 0 Å². The zero-order chi connectivity index (χ0) is 10.0. The summed E-state index contributed by atoms with van der Waals surface area (Å²) in [6.45, 7) is 0. The number of halogens is 1. The minimum atomic E-state index is 0. The number of nitrogens with zero attached hydrogens (tertiary/aromatic N) is 1. The number of hydrogen-bond donors (Lipinski definition) is 0. The van der Waals surface area contributed by atoms with Crippen molar-refractivity contribution in [2.75, 3.05) is 14.1 Å². The molecule has 1 unspecified atom stereocenters. The Morgan fingerprint density at radius 3 is 2.13 bits per heavy atom. The van der Waals surface area contributed by atoms with Crippen LogP contribution >= 0.6 is 12.4 Å². The van der Waals surface area contributed by atoms with E-state index in [-0.39, 0.29) is 12.4 Å². The lowest BCUT2D eigenvalue weighted by Crippen LogP contribution is -2.40. The van der Waals surface area contributed by atoms with Crippen LogP contribution in [0.15, 0.2) is 0 Å². The van der Waals surface area contributed by atoms with Crippen LogP contribution in [0.25, 0.3) is 0 Å². The van der Waals surface area contributed by atoms with Crippen molar-refractivity contribution in [3.63, 3.8) is 0 Å². The van der Waals surface area contributed by atoms with Crippen LogP contribution in [0.5, 0.6) is 0 Å². The predicted octanol–water partition coefficient (Wildman–Crippen LogP) is 3.86. The van der Waals surface area contributed by atoms with Crippen molar-refractivity contribution in [2.45, 2.75) is 63.8 Å². The van der Waals surface area contributed by atoms with Gasteiger partial charge < -0.3 is 4.90 Å². The van der Waals surface area contributed by atoms with Gasteiger partial charge in [-0.05, 0) is 51.6 Å². The maximum atomic E-state index is 2.45. The molecule has 2 aliphatic carbocycles. The first-order valence-corrected chi connectivity index (χ1v) is 6.38. The third kappa shape index (κ3) is 3.10. The van der Waals surface area contributed by atoms with Crippen molar-refractivity contribution in [3.05, 3.63) is 0 Å². The Morgan fingerprint density at radius 2 is 1.53 bits per heavy atom. The second-order valence-corrected chi connectivity index (χ2v) is 5.77. The van der Waals surface area contributed by atoms with E-state index in [1.165, 1.54) is 57.8 Å². The van der Waals surface area contributed by atoms with Crippen LogP contribution in [0.3, 0.4) is 0 Å². The molecule has 1 spiro atoms. The maximum absolute atomic E-state index is 2.45. The van der Waals surface area contributed by atoms with E-state index in [2.05, 4.69) is 19.0 Å². The van der Waals surface area contributed by atoms with Gasteiger partial charge in [0.1, 0.15) is 0 Å². The van der Waals surface area contributed by atoms with Gasteiger partial charge in [0.25, 0.3) is 0 Å². The highest BCUT2D eigenvalue weighted by molar-refractivity contribution is 5.85. The molecular weight excluding hydrogens is 206 g/mol. The van der Waals surface area contributed by atoms with Crippen LogP contribution in [0.2, 0.25) is 0 Å². The Kier molecular flexibility index (Phi) is 4.92. The van der Waals surface area contributed by atoms with E-state index in [1.807, 2.05) is 0 Å². The number of rotatable bonds is 1. The summed E-state index contributed by atoms with van der Waals surface area (Å²) in [7, 11) is 4.51. The molecule has 0 saturated heterocycles. The van der Waals surface area contributed by atoms with Gasteiger partial charge in [0.2, 0.25) is 0 Å². The van der Waals surface area contributed by atoms with Crippen LogP contribution in [0, 0.1) is 5.41 Å². The minimum Gasteiger partial charge on any atom is -0.306 e. The van der Waals surface area contributed by atoms with Gasteiger partial charge in [0.15, 0.2) is 0 Å². The Labute approximate surface area is 101 Å². The van der Waals surface area contributed by atoms with Gasteiger partial charge >= 0.3 is 0 Å². The van der Waals surface area contributed by atoms with E-state index in [1.54, 1.807) is 0 Å². The molecule has 1 atom stereocenters. The first-order chi connectivity index (χ1) is 6.72. The second-order valence-electron chi connectivity index (χ2n) is 5.77. The van der Waals surface area contributed by atoms with E-state index < -0.39 is 0 Å². The van der Waals surface area contributed by atoms with Crippen LogP contribution in [0.4, 0.5) is 0 Å². The normalized spacial score (nSPS) is 30.2. The second kappa shape index (κ2) is 5.54. The molecule has 2 heteroatoms. The third-order valence-electron chi connectivity index (χ3n) is 4.56. The Morgan fingerprint density at radius 1 is 0.933 bits per heavy atom. The Balaban J connectivity index is 0.00000112. The van der Waals surface area contributed by atoms with Crippen molar-refractivity contribution < 1.29 is 0 Å². The standard InChI is InChI=1S/C13H25N.ClH/c1-14(2)12-7-6-10-13(11-12)8-4-3-5-9-13;/h12H,3-11H2,1-2H3;1H. The molecule has 2 aliphatic rings. The van der Waals surface area contributed by atoms with Gasteiger partial charge in [0, 0.05) is 6.04 Å². The average molecular weight is 232 g/mol. The summed E-state index contributed by atoms with van der Waals surface area (Å²) in [6, 6.07) is 0.877. The lowest BCUT2D eigenvalue weighted by atomic mass is 9.64. The van der Waals surface area contributed by atoms with Crippen LogP contribution in [-0.4, -0.2) is 25.0 Å². The third-order valence-corrected chi connectivity index (χ3v) is 4.56. The molecule has 0 aliphatic heterocycles. The topological polar surface area (TPSA) is 3.24 Å². The van der Waals surface area contributed by atoms with Crippen molar-refractivity contribution in [3.8, 4) is 0 Å². The highest BCUT2D eigenvalue weighted by Crippen LogP contribution is 2.48. The fourth-order valence-electron chi connectivity index (χ4n) is 3.61. The van der Waals surface area contributed by atoms with E-state index in [9.17, 15) is 0 Å². The van der Waals surface area contributed by atoms with E-state index >= 15 is 0 Å². The molecule has 0 N–H and O–H groups in total. The quantitative estimate of drug-likeness (QED) is 0.663. The molecule has 0 heterocycles. The van der Waals surface area contributed by atoms with Gasteiger partial charge in [-0.2, -0.15) is 0 Å². The highest BCUT2D eigenvalue weighted by atomic mass is 35.5. The fraction of sp³-hybridized carbons (Fsp3) is 1.00. The number of hydrogen-bond acceptors (Lipinski definition) is 1. The molecule has 0 radical (unpaired) electrons. The summed E-state index contributed by atoms with van der Waals surface area (Å²) in [5.74, 6) is 0. The SMILES string of the molecule is CN(C)C1CCCC2(CCCCC2)C1.Cl. The molecule has 0 amide bonds. The molecule has 0 aromatic heterocycles. The lowest BCUT2D eigenvalue weighted by molar-refractivity contribution is 0.0668. The van der Waals surface area contributed by atoms with Crippen LogP contribution in [-0.2, 0) is 0 Å². The summed E-state index contributed by atoms with van der Waals surface area (Å²) in [6.07, 6.45) is 13.5. The lowest BCUT2D eigenvalue weighted by Gasteiger charge is -2.45.